The van der Waals surface area contributed by atoms with Crippen molar-refractivity contribution in [2.75, 3.05) is 39.3 Å². The maximum atomic E-state index is 12.2. The minimum atomic E-state index is -0.155. The van der Waals surface area contributed by atoms with Gasteiger partial charge in [0.2, 0.25) is 5.91 Å². The molecule has 0 unspecified atom stereocenters. The fourth-order valence-electron chi connectivity index (χ4n) is 2.36. The van der Waals surface area contributed by atoms with E-state index in [1.165, 1.54) is 5.01 Å². The summed E-state index contributed by atoms with van der Waals surface area (Å²) in [6, 6.07) is 0. The van der Waals surface area contributed by atoms with Crippen LogP contribution in [-0.2, 0) is 9.59 Å². The number of rotatable bonds is 2. The third-order valence-corrected chi connectivity index (χ3v) is 3.49. The lowest BCUT2D eigenvalue weighted by molar-refractivity contribution is -0.141. The smallest absolute Gasteiger partial charge is 0.263 e. The average Bonchev–Trinajstić information content (AvgIpc) is 2.49. The summed E-state index contributed by atoms with van der Waals surface area (Å²) >= 11 is 0. The summed E-state index contributed by atoms with van der Waals surface area (Å²) in [5.41, 5.74) is 0. The van der Waals surface area contributed by atoms with Gasteiger partial charge in [0.05, 0.1) is 0 Å². The predicted octanol–water partition coefficient (Wildman–Crippen LogP) is -1.04. The zero-order valence-electron chi connectivity index (χ0n) is 11.2. The van der Waals surface area contributed by atoms with E-state index in [-0.39, 0.29) is 24.9 Å². The van der Waals surface area contributed by atoms with Gasteiger partial charge in [-0.1, -0.05) is 6.08 Å². The second kappa shape index (κ2) is 5.46. The monoisotopic (exact) mass is 275 g/mol. The minimum absolute atomic E-state index is 0.0216. The van der Waals surface area contributed by atoms with Gasteiger partial charge in [0.1, 0.15) is 13.1 Å². The summed E-state index contributed by atoms with van der Waals surface area (Å²) < 4.78 is 0. The van der Waals surface area contributed by atoms with Gasteiger partial charge in [-0.2, -0.15) is 5.10 Å². The molecule has 3 heterocycles. The van der Waals surface area contributed by atoms with Crippen LogP contribution in [0.3, 0.4) is 0 Å². The maximum Gasteiger partial charge on any atom is 0.263 e. The Kier molecular flexibility index (Phi) is 3.51. The zero-order chi connectivity index (χ0) is 13.9. The highest BCUT2D eigenvalue weighted by Crippen LogP contribution is 2.11. The van der Waals surface area contributed by atoms with Crippen molar-refractivity contribution in [3.05, 3.63) is 24.4 Å². The number of carbonyl (C=O) groups is 2. The number of hydrogen-bond donors (Lipinski definition) is 1. The highest BCUT2D eigenvalue weighted by Gasteiger charge is 2.28. The van der Waals surface area contributed by atoms with E-state index in [2.05, 4.69) is 10.4 Å². The Hall–Kier alpha value is -2.15. The molecule has 3 aliphatic rings. The lowest BCUT2D eigenvalue weighted by Crippen LogP contribution is -2.52. The molecule has 1 fully saturated rings. The quantitative estimate of drug-likeness (QED) is 0.699. The second-order valence-corrected chi connectivity index (χ2v) is 4.87. The van der Waals surface area contributed by atoms with Crippen LogP contribution < -0.4 is 5.32 Å². The van der Waals surface area contributed by atoms with E-state index in [0.29, 0.717) is 18.9 Å². The minimum Gasteiger partial charge on any atom is -0.339 e. The fraction of sp³-hybridized carbons (Fsp3) is 0.462. The summed E-state index contributed by atoms with van der Waals surface area (Å²) in [6.07, 6.45) is 7.36. The normalized spacial score (nSPS) is 21.9. The Morgan fingerprint density at radius 2 is 2.10 bits per heavy atom. The number of hydrazone groups is 1. The Bertz CT molecular complexity index is 505. The van der Waals surface area contributed by atoms with Crippen molar-refractivity contribution in [3.63, 3.8) is 0 Å². The highest BCUT2D eigenvalue weighted by molar-refractivity contribution is 6.00. The van der Waals surface area contributed by atoms with Crippen LogP contribution in [0.5, 0.6) is 0 Å². The van der Waals surface area contributed by atoms with Crippen molar-refractivity contribution in [1.82, 2.24) is 20.1 Å². The van der Waals surface area contributed by atoms with E-state index in [1.54, 1.807) is 9.80 Å². The molecule has 0 aliphatic carbocycles. The van der Waals surface area contributed by atoms with Crippen molar-refractivity contribution in [3.8, 4) is 0 Å². The van der Waals surface area contributed by atoms with E-state index in [9.17, 15) is 9.59 Å². The summed E-state index contributed by atoms with van der Waals surface area (Å²) in [7, 11) is 0. The molecule has 1 saturated heterocycles. The molecule has 7 nitrogen and oxygen atoms in total. The topological polar surface area (TPSA) is 68.2 Å². The van der Waals surface area contributed by atoms with Crippen LogP contribution in [0.2, 0.25) is 0 Å². The molecule has 3 aliphatic heterocycles. The van der Waals surface area contributed by atoms with Crippen LogP contribution in [0.25, 0.3) is 0 Å². The van der Waals surface area contributed by atoms with Gasteiger partial charge in [-0.15, -0.1) is 0 Å². The number of carbonyl (C=O) groups excluding carboxylic acids is 2. The average molecular weight is 275 g/mol. The number of hydrogen-bond acceptors (Lipinski definition) is 5. The third kappa shape index (κ3) is 2.57. The van der Waals surface area contributed by atoms with Crippen LogP contribution in [-0.4, -0.2) is 71.7 Å². The van der Waals surface area contributed by atoms with Crippen molar-refractivity contribution in [2.24, 2.45) is 5.10 Å². The molecule has 0 saturated carbocycles. The van der Waals surface area contributed by atoms with Crippen LogP contribution in [0, 0.1) is 0 Å². The third-order valence-electron chi connectivity index (χ3n) is 3.49. The van der Waals surface area contributed by atoms with Gasteiger partial charge >= 0.3 is 0 Å². The summed E-state index contributed by atoms with van der Waals surface area (Å²) in [6.45, 7) is 3.23. The molecule has 0 bridgehead atoms. The van der Waals surface area contributed by atoms with Gasteiger partial charge in [-0.3, -0.25) is 9.59 Å². The van der Waals surface area contributed by atoms with Crippen molar-refractivity contribution in [2.45, 2.75) is 0 Å². The number of nitrogens with zero attached hydrogens (tertiary/aromatic N) is 4. The summed E-state index contributed by atoms with van der Waals surface area (Å²) in [5.74, 6) is 0.491. The first kappa shape index (κ1) is 12.9. The molecule has 0 radical (unpaired) electrons. The number of nitrogens with one attached hydrogen (secondary N) is 1. The van der Waals surface area contributed by atoms with Gasteiger partial charge in [0.15, 0.2) is 5.84 Å². The van der Waals surface area contributed by atoms with E-state index in [0.717, 1.165) is 13.1 Å². The molecule has 7 heteroatoms. The van der Waals surface area contributed by atoms with Crippen molar-refractivity contribution in [1.29, 1.82) is 0 Å². The van der Waals surface area contributed by atoms with Gasteiger partial charge < -0.3 is 15.1 Å². The van der Waals surface area contributed by atoms with Crippen molar-refractivity contribution >= 4 is 17.6 Å². The Balaban J connectivity index is 1.67. The fourth-order valence-corrected chi connectivity index (χ4v) is 2.36. The van der Waals surface area contributed by atoms with Gasteiger partial charge in [-0.05, 0) is 12.2 Å². The first-order valence-electron chi connectivity index (χ1n) is 6.73. The highest BCUT2D eigenvalue weighted by atomic mass is 16.2. The molecule has 0 spiro atoms. The molecule has 0 atom stereocenters. The Morgan fingerprint density at radius 1 is 1.30 bits per heavy atom. The lowest BCUT2D eigenvalue weighted by atomic mass is 10.3. The molecule has 1 N–H and O–H groups in total. The van der Waals surface area contributed by atoms with Crippen LogP contribution in [0.1, 0.15) is 0 Å². The number of fused-ring (bicyclic) bond motifs is 1. The largest absolute Gasteiger partial charge is 0.339 e. The first-order chi connectivity index (χ1) is 9.74. The summed E-state index contributed by atoms with van der Waals surface area (Å²) in [4.78, 5) is 27.7. The standard InChI is InChI=1S/C13H17N5O2/c19-12(16-7-4-14-5-8-16)10-18-13(20)9-17-6-2-1-3-11(17)15-18/h1-3,6,14H,4-5,7-10H2. The number of piperazine rings is 1. The van der Waals surface area contributed by atoms with E-state index < -0.39 is 0 Å². The molecule has 3 rings (SSSR count). The van der Waals surface area contributed by atoms with E-state index in [1.807, 2.05) is 24.4 Å². The number of amides is 2. The molecular formula is C13H17N5O2. The van der Waals surface area contributed by atoms with E-state index in [4.69, 9.17) is 0 Å². The first-order valence-corrected chi connectivity index (χ1v) is 6.73. The molecule has 0 aromatic carbocycles. The molecule has 20 heavy (non-hydrogen) atoms. The summed E-state index contributed by atoms with van der Waals surface area (Å²) in [5, 5.41) is 8.72. The van der Waals surface area contributed by atoms with Gasteiger partial charge in [-0.25, -0.2) is 5.01 Å². The SMILES string of the molecule is O=C(CN1N=C2C=CC=CN2CC1=O)N1CCNCC1. The van der Waals surface area contributed by atoms with E-state index >= 15 is 0 Å². The lowest BCUT2D eigenvalue weighted by Gasteiger charge is -2.33. The molecule has 0 aromatic heterocycles. The number of allylic oxidation sites excluding steroid dienone is 2. The van der Waals surface area contributed by atoms with Crippen molar-refractivity contribution < 1.29 is 9.59 Å². The Morgan fingerprint density at radius 3 is 2.90 bits per heavy atom. The van der Waals surface area contributed by atoms with Crippen LogP contribution in [0.15, 0.2) is 29.5 Å². The van der Waals surface area contributed by atoms with Crippen LogP contribution >= 0.6 is 0 Å². The Labute approximate surface area is 117 Å². The predicted molar refractivity (Wildman–Crippen MR) is 73.6 cm³/mol. The molecular weight excluding hydrogens is 258 g/mol. The van der Waals surface area contributed by atoms with Crippen LogP contribution in [0.4, 0.5) is 0 Å². The molecule has 0 aromatic rings. The van der Waals surface area contributed by atoms with Gasteiger partial charge in [0.25, 0.3) is 5.91 Å². The van der Waals surface area contributed by atoms with Gasteiger partial charge in [0, 0.05) is 32.4 Å². The molecule has 106 valence electrons. The number of amidine groups is 1. The molecule has 2 amide bonds. The second-order valence-electron chi connectivity index (χ2n) is 4.87. The maximum absolute atomic E-state index is 12.2. The zero-order valence-corrected chi connectivity index (χ0v) is 11.2.